The van der Waals surface area contributed by atoms with Crippen LogP contribution < -0.4 is 4.90 Å². The number of phenols is 1. The molecule has 27 heavy (non-hydrogen) atoms. The fourth-order valence-corrected chi connectivity index (χ4v) is 4.12. The number of hydrogen-bond donors (Lipinski definition) is 1. The molecular weight excluding hydrogens is 361 g/mol. The predicted octanol–water partition coefficient (Wildman–Crippen LogP) is 4.34. The molecule has 1 fully saturated rings. The molecule has 2 aliphatic rings. The van der Waals surface area contributed by atoms with E-state index in [4.69, 9.17) is 4.74 Å². The second-order valence-electron chi connectivity index (χ2n) is 8.57. The van der Waals surface area contributed by atoms with Gasteiger partial charge in [-0.3, -0.25) is 0 Å². The van der Waals surface area contributed by atoms with Crippen LogP contribution in [-0.4, -0.2) is 47.4 Å². The first kappa shape index (κ1) is 19.6. The van der Waals surface area contributed by atoms with Crippen molar-refractivity contribution in [2.45, 2.75) is 57.3 Å². The van der Waals surface area contributed by atoms with Gasteiger partial charge in [0, 0.05) is 31.6 Å². The van der Waals surface area contributed by atoms with Gasteiger partial charge in [0.25, 0.3) is 0 Å². The number of amides is 1. The van der Waals surface area contributed by atoms with E-state index in [1.807, 2.05) is 6.92 Å². The van der Waals surface area contributed by atoms with Crippen molar-refractivity contribution in [2.24, 2.45) is 0 Å². The summed E-state index contributed by atoms with van der Waals surface area (Å²) in [6.45, 7) is 7.85. The largest absolute Gasteiger partial charge is 0.508 e. The van der Waals surface area contributed by atoms with Crippen LogP contribution in [0.3, 0.4) is 0 Å². The fourth-order valence-electron chi connectivity index (χ4n) is 4.12. The summed E-state index contributed by atoms with van der Waals surface area (Å²) in [5, 5.41) is 9.91. The summed E-state index contributed by atoms with van der Waals surface area (Å²) in [6, 6.07) is 2.15. The molecule has 5 nitrogen and oxygen atoms in total. The second kappa shape index (κ2) is 5.94. The average Bonchev–Trinajstić information content (AvgIpc) is 2.72. The minimum atomic E-state index is -4.58. The number of phenolic OH excluding ortho intramolecular Hbond substituents is 1. The van der Waals surface area contributed by atoms with Crippen LogP contribution in [0.25, 0.3) is 0 Å². The Balaban J connectivity index is 2.01. The van der Waals surface area contributed by atoms with Crippen molar-refractivity contribution in [3.63, 3.8) is 0 Å². The molecule has 1 aromatic carbocycles. The molecule has 2 aliphatic heterocycles. The molecule has 1 amide bonds. The monoisotopic (exact) mass is 386 g/mol. The van der Waals surface area contributed by atoms with Crippen molar-refractivity contribution < 1.29 is 27.8 Å². The van der Waals surface area contributed by atoms with Gasteiger partial charge in [-0.2, -0.15) is 13.2 Å². The van der Waals surface area contributed by atoms with Crippen molar-refractivity contribution >= 4 is 11.8 Å². The van der Waals surface area contributed by atoms with Crippen molar-refractivity contribution in [2.75, 3.05) is 25.0 Å². The van der Waals surface area contributed by atoms with Gasteiger partial charge in [-0.15, -0.1) is 0 Å². The van der Waals surface area contributed by atoms with Crippen molar-refractivity contribution in [1.82, 2.24) is 4.90 Å². The maximum Gasteiger partial charge on any atom is 0.418 e. The van der Waals surface area contributed by atoms with Crippen molar-refractivity contribution in [3.8, 4) is 5.75 Å². The lowest BCUT2D eigenvalue weighted by molar-refractivity contribution is -0.137. The van der Waals surface area contributed by atoms with Crippen LogP contribution in [-0.2, 0) is 10.9 Å². The number of piperidine rings is 1. The van der Waals surface area contributed by atoms with E-state index in [-0.39, 0.29) is 18.2 Å². The van der Waals surface area contributed by atoms with Gasteiger partial charge in [-0.1, -0.05) is 0 Å². The Morgan fingerprint density at radius 2 is 1.93 bits per heavy atom. The number of fused-ring (bicyclic) bond motifs is 3. The van der Waals surface area contributed by atoms with Gasteiger partial charge in [0.1, 0.15) is 11.4 Å². The highest BCUT2D eigenvalue weighted by Crippen LogP contribution is 2.55. The summed E-state index contributed by atoms with van der Waals surface area (Å²) in [5.41, 5.74) is -1.57. The number of halogens is 3. The van der Waals surface area contributed by atoms with Crippen LogP contribution in [0.2, 0.25) is 0 Å². The number of anilines is 1. The Bertz CT molecular complexity index is 773. The van der Waals surface area contributed by atoms with Crippen molar-refractivity contribution in [3.05, 3.63) is 23.3 Å². The number of hydrogen-bond acceptors (Lipinski definition) is 4. The summed E-state index contributed by atoms with van der Waals surface area (Å²) >= 11 is 0. The molecule has 0 unspecified atom stereocenters. The molecule has 8 heteroatoms. The number of carbonyl (C=O) groups is 1. The van der Waals surface area contributed by atoms with Gasteiger partial charge in [-0.05, 0) is 51.8 Å². The first-order chi connectivity index (χ1) is 12.2. The Morgan fingerprint density at radius 1 is 1.30 bits per heavy atom. The van der Waals surface area contributed by atoms with Crippen LogP contribution in [0.4, 0.5) is 23.7 Å². The molecule has 0 radical (unpaired) electrons. The molecule has 1 saturated heterocycles. The average molecular weight is 386 g/mol. The lowest BCUT2D eigenvalue weighted by atomic mass is 9.78. The topological polar surface area (TPSA) is 53.0 Å². The number of ether oxygens (including phenoxy) is 1. The van der Waals surface area contributed by atoms with E-state index in [1.54, 1.807) is 32.7 Å². The standard InChI is InChI=1S/C19H25F3N2O3/c1-17(2,3)27-16(26)24-7-6-18(4)14(10-24)12-8-11(25)9-13(19(20,21)22)15(12)23(18)5/h8-9,14,25H,6-7,10H2,1-5H3/t14-,18-/m0/s1. The van der Waals surface area contributed by atoms with Gasteiger partial charge in [0.15, 0.2) is 0 Å². The maximum absolute atomic E-state index is 13.6. The number of aromatic hydroxyl groups is 1. The van der Waals surface area contributed by atoms with E-state index < -0.39 is 34.7 Å². The van der Waals surface area contributed by atoms with Gasteiger partial charge >= 0.3 is 12.3 Å². The molecule has 0 bridgehead atoms. The van der Waals surface area contributed by atoms with Crippen LogP contribution in [0.5, 0.6) is 5.75 Å². The number of nitrogens with zero attached hydrogens (tertiary/aromatic N) is 2. The van der Waals surface area contributed by atoms with Gasteiger partial charge in [0.2, 0.25) is 0 Å². The van der Waals surface area contributed by atoms with Crippen LogP contribution >= 0.6 is 0 Å². The third kappa shape index (κ3) is 3.30. The second-order valence-corrected chi connectivity index (χ2v) is 8.57. The summed E-state index contributed by atoms with van der Waals surface area (Å²) in [5.74, 6) is -0.778. The highest BCUT2D eigenvalue weighted by Gasteiger charge is 2.53. The Labute approximate surface area is 156 Å². The molecule has 1 aromatic rings. The molecule has 2 heterocycles. The van der Waals surface area contributed by atoms with E-state index in [9.17, 15) is 23.1 Å². The number of alkyl halides is 3. The number of carbonyl (C=O) groups excluding carboxylic acids is 1. The van der Waals surface area contributed by atoms with E-state index >= 15 is 0 Å². The predicted molar refractivity (Wildman–Crippen MR) is 95.1 cm³/mol. The van der Waals surface area contributed by atoms with Crippen LogP contribution in [0.15, 0.2) is 12.1 Å². The molecule has 0 aromatic heterocycles. The number of likely N-dealkylation sites (tertiary alicyclic amines) is 1. The third-order valence-electron chi connectivity index (χ3n) is 5.60. The lowest BCUT2D eigenvalue weighted by Gasteiger charge is -2.46. The highest BCUT2D eigenvalue weighted by molar-refractivity contribution is 5.73. The van der Waals surface area contributed by atoms with Crippen LogP contribution in [0, 0.1) is 0 Å². The number of rotatable bonds is 0. The first-order valence-corrected chi connectivity index (χ1v) is 8.90. The summed E-state index contributed by atoms with van der Waals surface area (Å²) in [6.07, 6.45) is -4.55. The first-order valence-electron chi connectivity index (χ1n) is 8.90. The minimum Gasteiger partial charge on any atom is -0.508 e. The molecule has 3 rings (SSSR count). The molecule has 2 atom stereocenters. The van der Waals surface area contributed by atoms with Gasteiger partial charge in [0.05, 0.1) is 11.3 Å². The van der Waals surface area contributed by atoms with E-state index in [1.165, 1.54) is 11.0 Å². The number of likely N-dealkylation sites (N-methyl/N-ethyl adjacent to an activating group) is 1. The van der Waals surface area contributed by atoms with E-state index in [0.29, 0.717) is 18.5 Å². The maximum atomic E-state index is 13.6. The molecule has 0 aliphatic carbocycles. The summed E-state index contributed by atoms with van der Waals surface area (Å²) in [4.78, 5) is 15.6. The van der Waals surface area contributed by atoms with Crippen molar-refractivity contribution in [1.29, 1.82) is 0 Å². The van der Waals surface area contributed by atoms with Gasteiger partial charge in [-0.25, -0.2) is 4.79 Å². The van der Waals surface area contributed by atoms with Gasteiger partial charge < -0.3 is 19.6 Å². The smallest absolute Gasteiger partial charge is 0.418 e. The van der Waals surface area contributed by atoms with E-state index in [0.717, 1.165) is 6.07 Å². The Kier molecular flexibility index (Phi) is 4.32. The normalized spacial score (nSPS) is 25.3. The number of benzene rings is 1. The quantitative estimate of drug-likeness (QED) is 0.721. The molecule has 150 valence electrons. The third-order valence-corrected chi connectivity index (χ3v) is 5.60. The molecule has 1 N–H and O–H groups in total. The highest BCUT2D eigenvalue weighted by atomic mass is 19.4. The zero-order valence-electron chi connectivity index (χ0n) is 16.1. The zero-order valence-corrected chi connectivity index (χ0v) is 16.1. The SMILES string of the molecule is CN1c2c(cc(O)cc2C(F)(F)F)[C@@H]2CN(C(=O)OC(C)(C)C)CC[C@@]21C. The Morgan fingerprint density at radius 3 is 2.48 bits per heavy atom. The minimum absolute atomic E-state index is 0.0823. The lowest BCUT2D eigenvalue weighted by Crippen LogP contribution is -2.55. The molecule has 0 spiro atoms. The summed E-state index contributed by atoms with van der Waals surface area (Å²) in [7, 11) is 1.65. The summed E-state index contributed by atoms with van der Waals surface area (Å²) < 4.78 is 46.1. The zero-order chi connectivity index (χ0) is 20.4. The molecular formula is C19H25F3N2O3. The molecule has 0 saturated carbocycles. The fraction of sp³-hybridized carbons (Fsp3) is 0.632. The van der Waals surface area contributed by atoms with E-state index in [2.05, 4.69) is 0 Å². The Hall–Kier alpha value is -2.12. The van der Waals surface area contributed by atoms with Crippen LogP contribution in [0.1, 0.15) is 51.2 Å².